The van der Waals surface area contributed by atoms with Gasteiger partial charge >= 0.3 is 0 Å². The Morgan fingerprint density at radius 1 is 1.19 bits per heavy atom. The fourth-order valence-corrected chi connectivity index (χ4v) is 7.75. The summed E-state index contributed by atoms with van der Waals surface area (Å²) in [5.74, 6) is 0. The Kier molecular flexibility index (Phi) is 6.04. The molecule has 0 spiro atoms. The highest BCUT2D eigenvalue weighted by atomic mass is 32.2. The molecule has 1 aliphatic rings. The molecule has 0 aliphatic carbocycles. The molecule has 2 N–H and O–H groups in total. The second kappa shape index (κ2) is 7.98. The molecule has 10 heteroatoms. The molecule has 2 aromatic rings. The third-order valence-electron chi connectivity index (χ3n) is 4.51. The van der Waals surface area contributed by atoms with Gasteiger partial charge in [0.2, 0.25) is 19.9 Å². The van der Waals surface area contributed by atoms with Crippen LogP contribution in [0.2, 0.25) is 0 Å². The first-order valence-corrected chi connectivity index (χ1v) is 12.3. The van der Waals surface area contributed by atoms with Gasteiger partial charge in [-0.05, 0) is 50.2 Å². The summed E-state index contributed by atoms with van der Waals surface area (Å²) in [6, 6.07) is 8.25. The molecule has 1 aliphatic heterocycles. The third-order valence-corrected chi connectivity index (χ3v) is 9.79. The van der Waals surface area contributed by atoms with Crippen LogP contribution in [0.15, 0.2) is 50.4 Å². The van der Waals surface area contributed by atoms with Crippen molar-refractivity contribution >= 4 is 31.2 Å². The summed E-state index contributed by atoms with van der Waals surface area (Å²) in [7, 11) is -5.89. The van der Waals surface area contributed by atoms with E-state index in [1.165, 1.54) is 34.6 Å². The predicted octanol–water partition coefficient (Wildman–Crippen LogP) is 1.45. The minimum absolute atomic E-state index is 0.0545. The zero-order chi connectivity index (χ0) is 19.7. The Labute approximate surface area is 163 Å². The Balaban J connectivity index is 1.97. The number of nitrogens with one attached hydrogen (secondary N) is 1. The van der Waals surface area contributed by atoms with E-state index in [0.717, 1.165) is 16.2 Å². The van der Waals surface area contributed by atoms with Crippen molar-refractivity contribution in [1.82, 2.24) is 9.62 Å². The van der Waals surface area contributed by atoms with Crippen LogP contribution in [0.1, 0.15) is 17.7 Å². The number of sulfone groups is 1. The van der Waals surface area contributed by atoms with Gasteiger partial charge in [-0.2, -0.15) is 4.31 Å². The molecule has 27 heavy (non-hydrogen) atoms. The van der Waals surface area contributed by atoms with Crippen LogP contribution in [0.5, 0.6) is 0 Å². The summed E-state index contributed by atoms with van der Waals surface area (Å²) < 4.78 is 53.1. The summed E-state index contributed by atoms with van der Waals surface area (Å²) >= 11 is 1.16. The van der Waals surface area contributed by atoms with Gasteiger partial charge in [-0.25, -0.2) is 16.8 Å². The highest BCUT2D eigenvalue weighted by Crippen LogP contribution is 2.31. The maximum Gasteiger partial charge on any atom is 0.243 e. The molecule has 0 radical (unpaired) electrons. The average Bonchev–Trinajstić information content (AvgIpc) is 3.32. The fourth-order valence-electron chi connectivity index (χ4n) is 3.13. The van der Waals surface area contributed by atoms with E-state index in [2.05, 4.69) is 5.32 Å². The lowest BCUT2D eigenvalue weighted by Crippen LogP contribution is -2.37. The highest BCUT2D eigenvalue weighted by Gasteiger charge is 2.35. The van der Waals surface area contributed by atoms with Gasteiger partial charge in [0.15, 0.2) is 0 Å². The van der Waals surface area contributed by atoms with Gasteiger partial charge in [-0.3, -0.25) is 0 Å². The number of thiophene rings is 1. The van der Waals surface area contributed by atoms with Crippen molar-refractivity contribution in [2.24, 2.45) is 0 Å². The molecule has 2 heterocycles. The quantitative estimate of drug-likeness (QED) is 0.689. The minimum Gasteiger partial charge on any atom is -0.395 e. The maximum atomic E-state index is 12.9. The van der Waals surface area contributed by atoms with Crippen molar-refractivity contribution in [3.63, 3.8) is 0 Å². The average molecular weight is 431 g/mol. The van der Waals surface area contributed by atoms with Crippen LogP contribution in [-0.4, -0.2) is 52.5 Å². The van der Waals surface area contributed by atoms with Gasteiger partial charge < -0.3 is 10.4 Å². The molecule has 0 bridgehead atoms. The van der Waals surface area contributed by atoms with Gasteiger partial charge in [0.1, 0.15) is 4.21 Å². The van der Waals surface area contributed by atoms with E-state index in [-0.39, 0.29) is 20.6 Å². The molecule has 1 atom stereocenters. The van der Waals surface area contributed by atoms with Crippen molar-refractivity contribution in [1.29, 1.82) is 0 Å². The standard InChI is InChI=1S/C17H22N2O5S3/c1-18-11-14-7-8-17(25-14)26(21,22)15-5-2-6-16(10-15)27(23,24)19-9-3-4-13(19)12-20/h2,5-8,10,13,18,20H,3-4,9,11-12H2,1H3/t13-/m0/s1. The molecule has 0 unspecified atom stereocenters. The maximum absolute atomic E-state index is 12.9. The van der Waals surface area contributed by atoms with Crippen LogP contribution >= 0.6 is 11.3 Å². The Morgan fingerprint density at radius 3 is 2.63 bits per heavy atom. The number of hydrogen-bond acceptors (Lipinski definition) is 7. The Morgan fingerprint density at radius 2 is 1.93 bits per heavy atom. The first-order chi connectivity index (χ1) is 12.8. The van der Waals surface area contributed by atoms with E-state index in [4.69, 9.17) is 0 Å². The molecule has 3 rings (SSSR count). The Hall–Kier alpha value is -1.30. The number of aliphatic hydroxyl groups is 1. The molecule has 1 aromatic heterocycles. The number of rotatable bonds is 7. The van der Waals surface area contributed by atoms with E-state index in [0.29, 0.717) is 25.9 Å². The number of aliphatic hydroxyl groups excluding tert-OH is 1. The molecule has 148 valence electrons. The largest absolute Gasteiger partial charge is 0.395 e. The lowest BCUT2D eigenvalue weighted by molar-refractivity contribution is 0.213. The van der Waals surface area contributed by atoms with E-state index < -0.39 is 25.9 Å². The summed E-state index contributed by atoms with van der Waals surface area (Å²) in [6.07, 6.45) is 1.27. The van der Waals surface area contributed by atoms with E-state index in [1.807, 2.05) is 0 Å². The number of sulfonamides is 1. The van der Waals surface area contributed by atoms with E-state index >= 15 is 0 Å². The minimum atomic E-state index is -3.87. The summed E-state index contributed by atoms with van der Waals surface area (Å²) in [5, 5.41) is 12.4. The predicted molar refractivity (Wildman–Crippen MR) is 103 cm³/mol. The summed E-state index contributed by atoms with van der Waals surface area (Å²) in [5.41, 5.74) is 0. The van der Waals surface area contributed by atoms with Gasteiger partial charge in [0.25, 0.3) is 0 Å². The molecule has 1 aromatic carbocycles. The van der Waals surface area contributed by atoms with Crippen molar-refractivity contribution in [3.05, 3.63) is 41.3 Å². The van der Waals surface area contributed by atoms with E-state index in [9.17, 15) is 21.9 Å². The van der Waals surface area contributed by atoms with Crippen LogP contribution in [0, 0.1) is 0 Å². The molecule has 7 nitrogen and oxygen atoms in total. The summed E-state index contributed by atoms with van der Waals surface area (Å²) in [4.78, 5) is 0.750. The monoisotopic (exact) mass is 430 g/mol. The van der Waals surface area contributed by atoms with Crippen LogP contribution < -0.4 is 5.32 Å². The fraction of sp³-hybridized carbons (Fsp3) is 0.412. The normalized spacial score (nSPS) is 18.8. The van der Waals surface area contributed by atoms with Crippen molar-refractivity contribution < 1.29 is 21.9 Å². The molecule has 0 amide bonds. The Bertz CT molecular complexity index is 1010. The van der Waals surface area contributed by atoms with Crippen LogP contribution in [0.3, 0.4) is 0 Å². The van der Waals surface area contributed by atoms with Crippen molar-refractivity contribution in [2.45, 2.75) is 39.4 Å². The zero-order valence-electron chi connectivity index (χ0n) is 14.8. The molecule has 1 saturated heterocycles. The second-order valence-electron chi connectivity index (χ2n) is 6.32. The number of benzene rings is 1. The number of nitrogens with zero attached hydrogens (tertiary/aromatic N) is 1. The third kappa shape index (κ3) is 3.96. The summed E-state index contributed by atoms with van der Waals surface area (Å²) in [6.45, 7) is 0.635. The first kappa shape index (κ1) is 20.4. The van der Waals surface area contributed by atoms with Gasteiger partial charge in [0.05, 0.1) is 16.4 Å². The smallest absolute Gasteiger partial charge is 0.243 e. The van der Waals surface area contributed by atoms with Crippen molar-refractivity contribution in [2.75, 3.05) is 20.2 Å². The molecule has 1 fully saturated rings. The zero-order valence-corrected chi connectivity index (χ0v) is 17.3. The molecular formula is C17H22N2O5S3. The van der Waals surface area contributed by atoms with Crippen LogP contribution in [-0.2, 0) is 26.4 Å². The SMILES string of the molecule is CNCc1ccc(S(=O)(=O)c2cccc(S(=O)(=O)N3CCC[C@H]3CO)c2)s1. The van der Waals surface area contributed by atoms with Crippen LogP contribution in [0.4, 0.5) is 0 Å². The molecule has 0 saturated carbocycles. The lowest BCUT2D eigenvalue weighted by Gasteiger charge is -2.22. The number of hydrogen-bond donors (Lipinski definition) is 2. The topological polar surface area (TPSA) is 104 Å². The van der Waals surface area contributed by atoms with Gasteiger partial charge in [-0.15, -0.1) is 11.3 Å². The first-order valence-electron chi connectivity index (χ1n) is 8.52. The van der Waals surface area contributed by atoms with Gasteiger partial charge in [0, 0.05) is 24.0 Å². The van der Waals surface area contributed by atoms with E-state index in [1.54, 1.807) is 13.1 Å². The molecular weight excluding hydrogens is 408 g/mol. The highest BCUT2D eigenvalue weighted by molar-refractivity contribution is 7.93. The lowest BCUT2D eigenvalue weighted by atomic mass is 10.2. The second-order valence-corrected chi connectivity index (χ2v) is 11.6. The van der Waals surface area contributed by atoms with Gasteiger partial charge in [-0.1, -0.05) is 6.07 Å². The van der Waals surface area contributed by atoms with Crippen LogP contribution in [0.25, 0.3) is 0 Å². The van der Waals surface area contributed by atoms with Crippen molar-refractivity contribution in [3.8, 4) is 0 Å².